The molecule has 6 fully saturated rings. The number of aliphatic hydroxyl groups excluding tert-OH is 2. The first-order valence-electron chi connectivity index (χ1n) is 13.4. The highest BCUT2D eigenvalue weighted by Crippen LogP contribution is 2.71. The van der Waals surface area contributed by atoms with Crippen LogP contribution in [0.25, 0.3) is 0 Å². The fourth-order valence-electron chi connectivity index (χ4n) is 10.3. The fraction of sp³-hybridized carbons (Fsp3) is 1.00. The van der Waals surface area contributed by atoms with Crippen LogP contribution in [-0.2, 0) is 9.47 Å². The third-order valence-electron chi connectivity index (χ3n) is 12.0. The largest absolute Gasteiger partial charge is 0.393 e. The zero-order valence-electron chi connectivity index (χ0n) is 20.4. The van der Waals surface area contributed by atoms with E-state index in [1.165, 1.54) is 12.8 Å². The Morgan fingerprint density at radius 3 is 2.28 bits per heavy atom. The zero-order valence-corrected chi connectivity index (χ0v) is 20.4. The number of ether oxygens (including phenoxy) is 2. The Bertz CT molecular complexity index is 757. The maximum Gasteiger partial charge on any atom is 0.171 e. The molecular weight excluding hydrogens is 404 g/mol. The molecule has 32 heavy (non-hydrogen) atoms. The molecule has 182 valence electrons. The van der Waals surface area contributed by atoms with Gasteiger partial charge in [-0.1, -0.05) is 20.8 Å². The van der Waals surface area contributed by atoms with Gasteiger partial charge in [0.15, 0.2) is 5.79 Å². The third-order valence-corrected chi connectivity index (χ3v) is 12.0. The predicted molar refractivity (Wildman–Crippen MR) is 121 cm³/mol. The second kappa shape index (κ2) is 6.94. The van der Waals surface area contributed by atoms with Crippen molar-refractivity contribution in [3.63, 3.8) is 0 Å². The minimum Gasteiger partial charge on any atom is -0.393 e. The topological polar surface area (TPSA) is 79.2 Å². The second-order valence-corrected chi connectivity index (χ2v) is 13.6. The molecular formula is C27H44O5. The van der Waals surface area contributed by atoms with Crippen molar-refractivity contribution in [2.24, 2.45) is 46.3 Å². The predicted octanol–water partition coefficient (Wildman–Crippen LogP) is 3.88. The van der Waals surface area contributed by atoms with Crippen LogP contribution in [0.1, 0.15) is 85.5 Å². The Kier molecular flexibility index (Phi) is 4.83. The van der Waals surface area contributed by atoms with Crippen molar-refractivity contribution >= 4 is 0 Å². The molecule has 3 N–H and O–H groups in total. The van der Waals surface area contributed by atoms with Crippen molar-refractivity contribution in [2.45, 2.75) is 115 Å². The molecule has 4 saturated carbocycles. The first kappa shape index (κ1) is 22.3. The molecule has 4 aliphatic carbocycles. The van der Waals surface area contributed by atoms with Gasteiger partial charge in [-0.2, -0.15) is 0 Å². The van der Waals surface area contributed by atoms with Gasteiger partial charge in [0.1, 0.15) is 0 Å². The highest BCUT2D eigenvalue weighted by atomic mass is 16.7. The fourth-order valence-corrected chi connectivity index (χ4v) is 10.3. The summed E-state index contributed by atoms with van der Waals surface area (Å²) in [6.07, 6.45) is 8.41. The molecule has 2 saturated heterocycles. The summed E-state index contributed by atoms with van der Waals surface area (Å²) in [5.74, 6) is 2.37. The monoisotopic (exact) mass is 448 g/mol. The second-order valence-electron chi connectivity index (χ2n) is 13.6. The van der Waals surface area contributed by atoms with Gasteiger partial charge in [0.25, 0.3) is 0 Å². The molecule has 0 unspecified atom stereocenters. The van der Waals surface area contributed by atoms with E-state index in [0.717, 1.165) is 44.9 Å². The Labute approximate surface area is 193 Å². The molecule has 0 amide bonds. The van der Waals surface area contributed by atoms with E-state index in [1.807, 2.05) is 6.92 Å². The van der Waals surface area contributed by atoms with Crippen LogP contribution >= 0.6 is 0 Å². The summed E-state index contributed by atoms with van der Waals surface area (Å²) in [6, 6.07) is 0. The molecule has 0 aromatic rings. The quantitative estimate of drug-likeness (QED) is 0.524. The summed E-state index contributed by atoms with van der Waals surface area (Å²) in [7, 11) is 0. The maximum absolute atomic E-state index is 11.2. The van der Waals surface area contributed by atoms with E-state index in [0.29, 0.717) is 36.2 Å². The SMILES string of the molecule is C[C@H]1[C@H]2[C@H](C[C@H]3[C@@H]4C[C@H](O)[C@@H]5C[C@@H](O)CC[C@]5(C)[C@H]4CC[C@]23C)O[C@]12CC[C@@](C)(O)CO2. The molecule has 5 nitrogen and oxygen atoms in total. The van der Waals surface area contributed by atoms with Crippen molar-refractivity contribution in [3.8, 4) is 0 Å². The summed E-state index contributed by atoms with van der Waals surface area (Å²) in [5.41, 5.74) is -0.351. The average Bonchev–Trinajstić information content (AvgIpc) is 3.17. The highest BCUT2D eigenvalue weighted by Gasteiger charge is 2.70. The molecule has 13 atom stereocenters. The van der Waals surface area contributed by atoms with Crippen molar-refractivity contribution in [1.82, 2.24) is 0 Å². The zero-order chi connectivity index (χ0) is 22.7. The molecule has 0 bridgehead atoms. The number of hydrogen-bond donors (Lipinski definition) is 3. The minimum absolute atomic E-state index is 0.159. The highest BCUT2D eigenvalue weighted by molar-refractivity contribution is 5.16. The van der Waals surface area contributed by atoms with Crippen LogP contribution in [0.4, 0.5) is 0 Å². The third kappa shape index (κ3) is 2.87. The molecule has 2 aliphatic heterocycles. The van der Waals surface area contributed by atoms with E-state index >= 15 is 0 Å². The average molecular weight is 449 g/mol. The lowest BCUT2D eigenvalue weighted by molar-refractivity contribution is -0.294. The van der Waals surface area contributed by atoms with Gasteiger partial charge in [-0.15, -0.1) is 0 Å². The molecule has 0 aromatic carbocycles. The molecule has 6 aliphatic rings. The van der Waals surface area contributed by atoms with Crippen molar-refractivity contribution < 1.29 is 24.8 Å². The first-order chi connectivity index (χ1) is 15.0. The molecule has 5 heteroatoms. The Balaban J connectivity index is 1.27. The van der Waals surface area contributed by atoms with Crippen LogP contribution in [0.15, 0.2) is 0 Å². The standard InChI is InChI=1S/C27H44O5/c1-15-23-22(32-27(15)10-9-24(2,30)14-31-27)13-19-17-12-21(29)20-11-16(28)5-7-25(20,3)18(17)6-8-26(19,23)4/h15-23,28-30H,5-14H2,1-4H3/t15-,16-,17+,18-,19-,20-,21-,22-,23-,24+,25+,26-,27+/m0/s1. The smallest absolute Gasteiger partial charge is 0.171 e. The first-order valence-corrected chi connectivity index (χ1v) is 13.4. The number of rotatable bonds is 0. The van der Waals surface area contributed by atoms with E-state index in [2.05, 4.69) is 20.8 Å². The molecule has 1 spiro atoms. The molecule has 0 aromatic heterocycles. The molecule has 0 radical (unpaired) electrons. The van der Waals surface area contributed by atoms with Crippen molar-refractivity contribution in [2.75, 3.05) is 6.61 Å². The summed E-state index contributed by atoms with van der Waals surface area (Å²) in [4.78, 5) is 0. The number of aliphatic hydroxyl groups is 3. The van der Waals surface area contributed by atoms with Crippen LogP contribution in [-0.4, -0.2) is 51.6 Å². The minimum atomic E-state index is -0.742. The van der Waals surface area contributed by atoms with Gasteiger partial charge in [-0.3, -0.25) is 0 Å². The summed E-state index contributed by atoms with van der Waals surface area (Å²) in [5, 5.41) is 32.0. The van der Waals surface area contributed by atoms with Gasteiger partial charge in [-0.25, -0.2) is 0 Å². The van der Waals surface area contributed by atoms with Crippen LogP contribution in [0.5, 0.6) is 0 Å². The lowest BCUT2D eigenvalue weighted by Crippen LogP contribution is -2.59. The Morgan fingerprint density at radius 2 is 1.56 bits per heavy atom. The van der Waals surface area contributed by atoms with E-state index in [4.69, 9.17) is 9.47 Å². The van der Waals surface area contributed by atoms with Crippen LogP contribution in [0.2, 0.25) is 0 Å². The van der Waals surface area contributed by atoms with Gasteiger partial charge in [0, 0.05) is 12.3 Å². The number of fused-ring (bicyclic) bond motifs is 7. The van der Waals surface area contributed by atoms with Gasteiger partial charge in [0.05, 0.1) is 30.5 Å². The van der Waals surface area contributed by atoms with E-state index < -0.39 is 11.4 Å². The van der Waals surface area contributed by atoms with Crippen LogP contribution in [0, 0.1) is 46.3 Å². The van der Waals surface area contributed by atoms with E-state index in [9.17, 15) is 15.3 Å². The lowest BCUT2D eigenvalue weighted by atomic mass is 9.43. The van der Waals surface area contributed by atoms with E-state index in [1.54, 1.807) is 0 Å². The normalized spacial score (nSPS) is 64.0. The van der Waals surface area contributed by atoms with Gasteiger partial charge >= 0.3 is 0 Å². The van der Waals surface area contributed by atoms with Crippen LogP contribution < -0.4 is 0 Å². The maximum atomic E-state index is 11.2. The van der Waals surface area contributed by atoms with Crippen LogP contribution in [0.3, 0.4) is 0 Å². The molecule has 6 rings (SSSR count). The molecule has 2 heterocycles. The lowest BCUT2D eigenvalue weighted by Gasteiger charge is -2.62. The Morgan fingerprint density at radius 1 is 0.812 bits per heavy atom. The van der Waals surface area contributed by atoms with Gasteiger partial charge in [-0.05, 0) is 98.7 Å². The van der Waals surface area contributed by atoms with E-state index in [-0.39, 0.29) is 35.1 Å². The van der Waals surface area contributed by atoms with Gasteiger partial charge in [0.2, 0.25) is 0 Å². The van der Waals surface area contributed by atoms with Crippen molar-refractivity contribution in [3.05, 3.63) is 0 Å². The summed E-state index contributed by atoms with van der Waals surface area (Å²) < 4.78 is 13.1. The Hall–Kier alpha value is -0.200. The summed E-state index contributed by atoms with van der Waals surface area (Å²) >= 11 is 0. The van der Waals surface area contributed by atoms with Gasteiger partial charge < -0.3 is 24.8 Å². The number of hydrogen-bond acceptors (Lipinski definition) is 5. The summed E-state index contributed by atoms with van der Waals surface area (Å²) in [6.45, 7) is 9.50. The van der Waals surface area contributed by atoms with Crippen molar-refractivity contribution in [1.29, 1.82) is 0 Å².